The van der Waals surface area contributed by atoms with E-state index in [1.165, 1.54) is 0 Å². The Balaban J connectivity index is 2.40. The van der Waals surface area contributed by atoms with Crippen molar-refractivity contribution in [1.29, 1.82) is 0 Å². The number of carbonyl (C=O) groups excluding carboxylic acids is 1. The van der Waals surface area contributed by atoms with Crippen LogP contribution in [0.1, 0.15) is 33.1 Å². The number of aliphatic hydroxyl groups is 1. The Morgan fingerprint density at radius 2 is 2.09 bits per heavy atom. The normalized spacial score (nSPS) is 21.1. The van der Waals surface area contributed by atoms with Gasteiger partial charge in [-0.05, 0) is 33.1 Å². The maximum Gasteiger partial charge on any atom is 0.338 e. The highest BCUT2D eigenvalue weighted by Crippen LogP contribution is 2.32. The molecule has 0 aromatic rings. The van der Waals surface area contributed by atoms with Crippen molar-refractivity contribution in [2.75, 3.05) is 0 Å². The monoisotopic (exact) mass is 158 g/mol. The molecule has 1 N–H and O–H groups in total. The van der Waals surface area contributed by atoms with E-state index in [4.69, 9.17) is 4.74 Å². The van der Waals surface area contributed by atoms with Crippen molar-refractivity contribution in [3.05, 3.63) is 0 Å². The molecule has 0 radical (unpaired) electrons. The average Bonchev–Trinajstić information content (AvgIpc) is 1.81. The van der Waals surface area contributed by atoms with Gasteiger partial charge in [-0.15, -0.1) is 0 Å². The molecular weight excluding hydrogens is 144 g/mol. The average molecular weight is 158 g/mol. The van der Waals surface area contributed by atoms with E-state index in [9.17, 15) is 9.90 Å². The van der Waals surface area contributed by atoms with Gasteiger partial charge in [-0.25, -0.2) is 4.79 Å². The molecule has 1 saturated carbocycles. The predicted octanol–water partition coefficient (Wildman–Crippen LogP) is 0.853. The second kappa shape index (κ2) is 2.81. The first kappa shape index (κ1) is 8.53. The Morgan fingerprint density at radius 1 is 1.55 bits per heavy atom. The predicted molar refractivity (Wildman–Crippen MR) is 40.0 cm³/mol. The molecule has 0 spiro atoms. The van der Waals surface area contributed by atoms with Crippen molar-refractivity contribution in [2.24, 2.45) is 0 Å². The molecule has 0 atom stereocenters. The Morgan fingerprint density at radius 3 is 2.36 bits per heavy atom. The van der Waals surface area contributed by atoms with Crippen LogP contribution in [0.2, 0.25) is 0 Å². The molecule has 0 heterocycles. The molecule has 1 aliphatic rings. The lowest BCUT2D eigenvalue weighted by Gasteiger charge is -2.34. The molecule has 0 unspecified atom stereocenters. The van der Waals surface area contributed by atoms with Gasteiger partial charge in [0.05, 0.1) is 6.10 Å². The lowest BCUT2D eigenvalue weighted by molar-refractivity contribution is -0.178. The largest absolute Gasteiger partial charge is 0.461 e. The molecule has 0 bridgehead atoms. The number of esters is 1. The highest BCUT2D eigenvalue weighted by atomic mass is 16.6. The summed E-state index contributed by atoms with van der Waals surface area (Å²) in [6.45, 7) is 3.56. The summed E-state index contributed by atoms with van der Waals surface area (Å²) in [5.41, 5.74) is -1.15. The van der Waals surface area contributed by atoms with E-state index in [0.717, 1.165) is 6.42 Å². The Kier molecular flexibility index (Phi) is 2.18. The lowest BCUT2D eigenvalue weighted by atomic mass is 9.80. The molecule has 3 nitrogen and oxygen atoms in total. The zero-order chi connectivity index (χ0) is 8.48. The van der Waals surface area contributed by atoms with E-state index in [2.05, 4.69) is 0 Å². The maximum atomic E-state index is 11.1. The van der Waals surface area contributed by atoms with Gasteiger partial charge < -0.3 is 9.84 Å². The zero-order valence-corrected chi connectivity index (χ0v) is 6.96. The highest BCUT2D eigenvalue weighted by Gasteiger charge is 2.43. The summed E-state index contributed by atoms with van der Waals surface area (Å²) in [5, 5.41) is 9.45. The van der Waals surface area contributed by atoms with Gasteiger partial charge in [-0.1, -0.05) is 0 Å². The Labute approximate surface area is 66.4 Å². The fourth-order valence-corrected chi connectivity index (χ4v) is 1.04. The minimum Gasteiger partial charge on any atom is -0.461 e. The van der Waals surface area contributed by atoms with Gasteiger partial charge >= 0.3 is 5.97 Å². The third-order valence-electron chi connectivity index (χ3n) is 1.90. The summed E-state index contributed by atoms with van der Waals surface area (Å²) >= 11 is 0. The molecule has 1 rings (SSSR count). The van der Waals surface area contributed by atoms with Gasteiger partial charge in [-0.3, -0.25) is 0 Å². The molecule has 0 aromatic carbocycles. The van der Waals surface area contributed by atoms with Crippen LogP contribution < -0.4 is 0 Å². The van der Waals surface area contributed by atoms with Crippen LogP contribution in [-0.4, -0.2) is 22.8 Å². The molecule has 0 saturated heterocycles. The second-order valence-corrected chi connectivity index (χ2v) is 3.34. The quantitative estimate of drug-likeness (QED) is 0.606. The molecule has 0 amide bonds. The first-order chi connectivity index (χ1) is 5.04. The number of carbonyl (C=O) groups is 1. The molecule has 64 valence electrons. The summed E-state index contributed by atoms with van der Waals surface area (Å²) in [7, 11) is 0. The van der Waals surface area contributed by atoms with Crippen molar-refractivity contribution in [1.82, 2.24) is 0 Å². The first-order valence-electron chi connectivity index (χ1n) is 3.98. The zero-order valence-electron chi connectivity index (χ0n) is 6.96. The topological polar surface area (TPSA) is 46.5 Å². The van der Waals surface area contributed by atoms with E-state index in [1.54, 1.807) is 13.8 Å². The number of ether oxygens (including phenoxy) is 1. The van der Waals surface area contributed by atoms with Crippen molar-refractivity contribution >= 4 is 5.97 Å². The van der Waals surface area contributed by atoms with Crippen LogP contribution in [0.15, 0.2) is 0 Å². The SMILES string of the molecule is CC(C)OC(=O)C1(O)CCC1. The molecule has 3 heteroatoms. The van der Waals surface area contributed by atoms with Gasteiger partial charge in [-0.2, -0.15) is 0 Å². The van der Waals surface area contributed by atoms with Crippen molar-refractivity contribution in [2.45, 2.75) is 44.8 Å². The van der Waals surface area contributed by atoms with Gasteiger partial charge in [0.25, 0.3) is 0 Å². The van der Waals surface area contributed by atoms with Crippen LogP contribution in [0, 0.1) is 0 Å². The molecule has 11 heavy (non-hydrogen) atoms. The minimum atomic E-state index is -1.15. The van der Waals surface area contributed by atoms with Crippen LogP contribution >= 0.6 is 0 Å². The van der Waals surface area contributed by atoms with Crippen LogP contribution in [0.3, 0.4) is 0 Å². The van der Waals surface area contributed by atoms with Crippen LogP contribution in [0.5, 0.6) is 0 Å². The van der Waals surface area contributed by atoms with Gasteiger partial charge in [0.2, 0.25) is 0 Å². The van der Waals surface area contributed by atoms with E-state index < -0.39 is 11.6 Å². The van der Waals surface area contributed by atoms with Crippen molar-refractivity contribution in [3.8, 4) is 0 Å². The van der Waals surface area contributed by atoms with Gasteiger partial charge in [0.15, 0.2) is 5.60 Å². The standard InChI is InChI=1S/C8H14O3/c1-6(2)11-7(9)8(10)4-3-5-8/h6,10H,3-5H2,1-2H3. The second-order valence-electron chi connectivity index (χ2n) is 3.34. The highest BCUT2D eigenvalue weighted by molar-refractivity contribution is 5.80. The maximum absolute atomic E-state index is 11.1. The smallest absolute Gasteiger partial charge is 0.338 e. The summed E-state index contributed by atoms with van der Waals surface area (Å²) < 4.78 is 4.87. The van der Waals surface area contributed by atoms with Gasteiger partial charge in [0, 0.05) is 0 Å². The van der Waals surface area contributed by atoms with Crippen LogP contribution in [0.4, 0.5) is 0 Å². The van der Waals surface area contributed by atoms with Crippen molar-refractivity contribution < 1.29 is 14.6 Å². The molecule has 0 aliphatic heterocycles. The summed E-state index contributed by atoms with van der Waals surface area (Å²) in [5.74, 6) is -0.459. The number of rotatable bonds is 2. The first-order valence-corrected chi connectivity index (χ1v) is 3.98. The number of hydrogen-bond donors (Lipinski definition) is 1. The molecule has 1 fully saturated rings. The van der Waals surface area contributed by atoms with Crippen molar-refractivity contribution in [3.63, 3.8) is 0 Å². The third-order valence-corrected chi connectivity index (χ3v) is 1.90. The fraction of sp³-hybridized carbons (Fsp3) is 0.875. The Bertz CT molecular complexity index is 159. The van der Waals surface area contributed by atoms with E-state index in [-0.39, 0.29) is 6.10 Å². The summed E-state index contributed by atoms with van der Waals surface area (Å²) in [6, 6.07) is 0. The summed E-state index contributed by atoms with van der Waals surface area (Å²) in [6.07, 6.45) is 1.90. The van der Waals surface area contributed by atoms with Crippen LogP contribution in [-0.2, 0) is 9.53 Å². The minimum absolute atomic E-state index is 0.132. The lowest BCUT2D eigenvalue weighted by Crippen LogP contribution is -2.46. The van der Waals surface area contributed by atoms with Gasteiger partial charge in [0.1, 0.15) is 0 Å². The number of hydrogen-bond acceptors (Lipinski definition) is 3. The third kappa shape index (κ3) is 1.71. The van der Waals surface area contributed by atoms with E-state index >= 15 is 0 Å². The Hall–Kier alpha value is -0.570. The van der Waals surface area contributed by atoms with Crippen LogP contribution in [0.25, 0.3) is 0 Å². The molecular formula is C8H14O3. The van der Waals surface area contributed by atoms with E-state index in [1.807, 2.05) is 0 Å². The molecule has 1 aliphatic carbocycles. The fourth-order valence-electron chi connectivity index (χ4n) is 1.04. The summed E-state index contributed by atoms with van der Waals surface area (Å²) in [4.78, 5) is 11.1. The molecule has 0 aromatic heterocycles. The van der Waals surface area contributed by atoms with E-state index in [0.29, 0.717) is 12.8 Å².